The van der Waals surface area contributed by atoms with Crippen molar-refractivity contribution in [1.82, 2.24) is 10.6 Å². The van der Waals surface area contributed by atoms with Crippen molar-refractivity contribution >= 4 is 45.6 Å². The summed E-state index contributed by atoms with van der Waals surface area (Å²) in [6.45, 7) is 5.15. The summed E-state index contributed by atoms with van der Waals surface area (Å²) in [6, 6.07) is 9.72. The van der Waals surface area contributed by atoms with Crippen molar-refractivity contribution in [2.75, 3.05) is 0 Å². The number of benzene rings is 2. The van der Waals surface area contributed by atoms with Crippen molar-refractivity contribution < 1.29 is 24.7 Å². The first-order valence-corrected chi connectivity index (χ1v) is 10.2. The van der Waals surface area contributed by atoms with Crippen molar-refractivity contribution in [2.45, 2.75) is 45.3 Å². The van der Waals surface area contributed by atoms with E-state index in [1.165, 1.54) is 6.92 Å². The maximum atomic E-state index is 12.8. The molecule has 2 aromatic rings. The van der Waals surface area contributed by atoms with E-state index >= 15 is 0 Å². The van der Waals surface area contributed by atoms with Gasteiger partial charge in [-0.15, -0.1) is 0 Å². The molecule has 0 spiro atoms. The lowest BCUT2D eigenvalue weighted by atomic mass is 9.75. The number of hydrogen-bond acceptors (Lipinski definition) is 5. The van der Waals surface area contributed by atoms with E-state index in [0.717, 1.165) is 10.8 Å². The monoisotopic (exact) mass is 464 g/mol. The Bertz CT molecular complexity index is 875. The molecule has 0 bridgehead atoms. The molecule has 0 saturated carbocycles. The fourth-order valence-corrected chi connectivity index (χ4v) is 3.74. The number of fused-ring (bicyclic) bond motifs is 1. The molecular formula is C20H26BBrN2O5. The smallest absolute Gasteiger partial charge is 0.426 e. The van der Waals surface area contributed by atoms with E-state index in [-0.39, 0.29) is 5.92 Å². The third kappa shape index (κ3) is 6.02. The van der Waals surface area contributed by atoms with Crippen LogP contribution in [0.15, 0.2) is 40.9 Å². The number of amides is 2. The van der Waals surface area contributed by atoms with Crippen LogP contribution in [0, 0.1) is 5.92 Å². The summed E-state index contributed by atoms with van der Waals surface area (Å²) >= 11 is 3.44. The molecule has 0 aromatic heterocycles. The van der Waals surface area contributed by atoms with Crippen LogP contribution in [0.1, 0.15) is 37.6 Å². The van der Waals surface area contributed by atoms with Crippen LogP contribution in [0.2, 0.25) is 0 Å². The van der Waals surface area contributed by atoms with Crippen molar-refractivity contribution in [3.05, 3.63) is 46.4 Å². The van der Waals surface area contributed by atoms with E-state index in [2.05, 4.69) is 26.6 Å². The zero-order valence-corrected chi connectivity index (χ0v) is 18.2. The summed E-state index contributed by atoms with van der Waals surface area (Å²) in [5.41, 5.74) is 0.322. The molecule has 0 fully saturated rings. The van der Waals surface area contributed by atoms with Crippen LogP contribution in [0.25, 0.3) is 10.8 Å². The third-order valence-corrected chi connectivity index (χ3v) is 5.43. The number of hydrogen-bond donors (Lipinski definition) is 5. The Morgan fingerprint density at radius 2 is 1.72 bits per heavy atom. The molecule has 0 aliphatic rings. The molecule has 0 heterocycles. The van der Waals surface area contributed by atoms with Gasteiger partial charge in [-0.1, -0.05) is 44.2 Å². The summed E-state index contributed by atoms with van der Waals surface area (Å²) in [5, 5.41) is 35.9. The van der Waals surface area contributed by atoms with Crippen molar-refractivity contribution in [3.63, 3.8) is 0 Å². The zero-order chi connectivity index (χ0) is 21.7. The number of carbonyl (C=O) groups is 2. The Balaban J connectivity index is 2.20. The molecule has 0 aliphatic carbocycles. The molecule has 0 unspecified atom stereocenters. The van der Waals surface area contributed by atoms with Gasteiger partial charge in [-0.2, -0.15) is 0 Å². The van der Waals surface area contributed by atoms with Crippen LogP contribution in [-0.2, 0) is 4.79 Å². The van der Waals surface area contributed by atoms with Gasteiger partial charge in [0, 0.05) is 4.47 Å². The highest BCUT2D eigenvalue weighted by Crippen LogP contribution is 2.27. The van der Waals surface area contributed by atoms with Gasteiger partial charge in [0.1, 0.15) is 6.04 Å². The Morgan fingerprint density at radius 1 is 1.07 bits per heavy atom. The predicted octanol–water partition coefficient (Wildman–Crippen LogP) is 1.62. The maximum absolute atomic E-state index is 12.8. The summed E-state index contributed by atoms with van der Waals surface area (Å²) in [4.78, 5) is 25.4. The number of nitrogens with one attached hydrogen (secondary N) is 2. The Morgan fingerprint density at radius 3 is 2.31 bits per heavy atom. The van der Waals surface area contributed by atoms with E-state index in [4.69, 9.17) is 0 Å². The Hall–Kier alpha value is -1.94. The molecule has 2 aromatic carbocycles. The summed E-state index contributed by atoms with van der Waals surface area (Å²) in [6.07, 6.45) is -0.853. The van der Waals surface area contributed by atoms with Crippen molar-refractivity contribution in [1.29, 1.82) is 0 Å². The molecule has 29 heavy (non-hydrogen) atoms. The molecule has 3 atom stereocenters. The van der Waals surface area contributed by atoms with Crippen molar-refractivity contribution in [2.24, 2.45) is 5.92 Å². The first-order valence-electron chi connectivity index (χ1n) is 9.44. The van der Waals surface area contributed by atoms with Crippen LogP contribution in [0.3, 0.4) is 0 Å². The van der Waals surface area contributed by atoms with Crippen LogP contribution >= 0.6 is 15.9 Å². The highest BCUT2D eigenvalue weighted by atomic mass is 79.9. The van der Waals surface area contributed by atoms with E-state index < -0.39 is 37.0 Å². The molecule has 5 N–H and O–H groups in total. The summed E-state index contributed by atoms with van der Waals surface area (Å²) < 4.78 is 0.585. The SMILES string of the molecule is CC(C)C[C@H](NC(=O)[C@@H](NC(=O)c1ccc2ccccc2c1Br)[C@@H](C)O)B(O)O. The lowest BCUT2D eigenvalue weighted by Crippen LogP contribution is -2.57. The van der Waals surface area contributed by atoms with Gasteiger partial charge in [0.15, 0.2) is 0 Å². The van der Waals surface area contributed by atoms with E-state index in [0.29, 0.717) is 16.5 Å². The molecule has 0 aliphatic heterocycles. The van der Waals surface area contributed by atoms with Crippen LogP contribution < -0.4 is 10.6 Å². The molecule has 7 nitrogen and oxygen atoms in total. The molecular weight excluding hydrogens is 439 g/mol. The lowest BCUT2D eigenvalue weighted by molar-refractivity contribution is -0.125. The topological polar surface area (TPSA) is 119 Å². The lowest BCUT2D eigenvalue weighted by Gasteiger charge is -2.25. The minimum Gasteiger partial charge on any atom is -0.426 e. The average molecular weight is 465 g/mol. The van der Waals surface area contributed by atoms with Gasteiger partial charge >= 0.3 is 7.12 Å². The number of rotatable bonds is 8. The molecule has 0 radical (unpaired) electrons. The third-order valence-electron chi connectivity index (χ3n) is 4.57. The molecule has 9 heteroatoms. The quantitative estimate of drug-likeness (QED) is 0.380. The van der Waals surface area contributed by atoms with Crippen LogP contribution in [-0.4, -0.2) is 52.2 Å². The number of aliphatic hydroxyl groups excluding tert-OH is 1. The second-order valence-electron chi connectivity index (χ2n) is 7.50. The Kier molecular flexibility index (Phi) is 8.21. The molecule has 0 saturated heterocycles. The van der Waals surface area contributed by atoms with Gasteiger partial charge in [0.2, 0.25) is 5.91 Å². The van der Waals surface area contributed by atoms with E-state index in [1.807, 2.05) is 38.1 Å². The number of carbonyl (C=O) groups excluding carboxylic acids is 2. The molecule has 156 valence electrons. The highest BCUT2D eigenvalue weighted by Gasteiger charge is 2.32. The first-order chi connectivity index (χ1) is 13.6. The van der Waals surface area contributed by atoms with Gasteiger partial charge in [-0.3, -0.25) is 9.59 Å². The van der Waals surface area contributed by atoms with Crippen molar-refractivity contribution in [3.8, 4) is 0 Å². The van der Waals surface area contributed by atoms with E-state index in [1.54, 1.807) is 12.1 Å². The second-order valence-corrected chi connectivity index (χ2v) is 8.29. The van der Waals surface area contributed by atoms with Crippen LogP contribution in [0.5, 0.6) is 0 Å². The summed E-state index contributed by atoms with van der Waals surface area (Å²) in [5.74, 6) is -2.03. The van der Waals surface area contributed by atoms with Gasteiger partial charge in [0.25, 0.3) is 5.91 Å². The standard InChI is InChI=1S/C20H26BBrN2O5/c1-11(2)10-16(21(28)29)23-20(27)18(12(3)25)24-19(26)15-9-8-13-6-4-5-7-14(13)17(15)22/h4-9,11-12,16,18,25,28-29H,10H2,1-3H3,(H,23,27)(H,24,26)/t12-,16+,18+/m1/s1. The fraction of sp³-hybridized carbons (Fsp3) is 0.400. The minimum absolute atomic E-state index is 0.107. The fourth-order valence-electron chi connectivity index (χ4n) is 3.07. The second kappa shape index (κ2) is 10.2. The normalized spacial score (nSPS) is 14.3. The average Bonchev–Trinajstić information content (AvgIpc) is 2.65. The summed E-state index contributed by atoms with van der Waals surface area (Å²) in [7, 11) is -1.75. The minimum atomic E-state index is -1.75. The van der Waals surface area contributed by atoms with Gasteiger partial charge in [-0.05, 0) is 52.0 Å². The van der Waals surface area contributed by atoms with Gasteiger partial charge < -0.3 is 25.8 Å². The zero-order valence-electron chi connectivity index (χ0n) is 16.6. The molecule has 2 amide bonds. The maximum Gasteiger partial charge on any atom is 0.475 e. The highest BCUT2D eigenvalue weighted by molar-refractivity contribution is 9.10. The number of halogens is 1. The number of aliphatic hydroxyl groups is 1. The largest absolute Gasteiger partial charge is 0.475 e. The van der Waals surface area contributed by atoms with Gasteiger partial charge in [-0.25, -0.2) is 0 Å². The first kappa shape index (κ1) is 23.3. The van der Waals surface area contributed by atoms with Crippen LogP contribution in [0.4, 0.5) is 0 Å². The Labute approximate surface area is 178 Å². The molecule has 2 rings (SSSR count). The van der Waals surface area contributed by atoms with Gasteiger partial charge in [0.05, 0.1) is 17.6 Å². The predicted molar refractivity (Wildman–Crippen MR) is 116 cm³/mol. The van der Waals surface area contributed by atoms with E-state index in [9.17, 15) is 24.7 Å².